The second-order valence-corrected chi connectivity index (χ2v) is 12.2. The average molecular weight is 587 g/mol. The fourth-order valence-corrected chi connectivity index (χ4v) is 4.76. The van der Waals surface area contributed by atoms with Crippen molar-refractivity contribution >= 4 is 49.5 Å². The maximum absolute atomic E-state index is 4.93. The Balaban J connectivity index is 0.000000139. The largest absolute Gasteiger partial charge is 0.333 e. The summed E-state index contributed by atoms with van der Waals surface area (Å²) in [6.45, 7) is 2.16. The minimum absolute atomic E-state index is 0.826. The van der Waals surface area contributed by atoms with Gasteiger partial charge >= 0.3 is 37.9 Å². The number of benzene rings is 3. The quantitative estimate of drug-likeness (QED) is 0.179. The molecule has 0 bridgehead atoms. The van der Waals surface area contributed by atoms with Crippen LogP contribution < -0.4 is 0 Å². The Bertz CT molecular complexity index is 1670. The number of hydrogen-bond acceptors (Lipinski definition) is 0. The number of aryl methyl sites for hydroxylation is 1. The van der Waals surface area contributed by atoms with Gasteiger partial charge in [0.1, 0.15) is 0 Å². The zero-order valence-corrected chi connectivity index (χ0v) is 23.7. The number of rotatable bonds is 2. The molecule has 0 fully saturated rings. The molecule has 7 aromatic rings. The van der Waals surface area contributed by atoms with Crippen LogP contribution in [0.4, 0.5) is 0 Å². The van der Waals surface area contributed by atoms with Gasteiger partial charge < -0.3 is 9.13 Å². The summed E-state index contributed by atoms with van der Waals surface area (Å²) in [6.07, 6.45) is 4.14. The first-order chi connectivity index (χ1) is 17.7. The number of fused-ring (bicyclic) bond motifs is 3. The Morgan fingerprint density at radius 1 is 0.722 bits per heavy atom. The zero-order chi connectivity index (χ0) is 24.9. The SMILES string of the molecule is Cc1cc2ccccc2n1-c1cc2ccccc2[cH-]1.[Cl][Zr+2][Cl].c1cc(-n2cccc2)c2cc[cH-]c2c1. The van der Waals surface area contributed by atoms with Crippen LogP contribution >= 0.6 is 17.0 Å². The molecule has 5 aromatic carbocycles. The fourth-order valence-electron chi connectivity index (χ4n) is 4.76. The molecule has 0 aliphatic carbocycles. The van der Waals surface area contributed by atoms with E-state index in [2.05, 4.69) is 132 Å². The Kier molecular flexibility index (Phi) is 7.92. The predicted octanol–water partition coefficient (Wildman–Crippen LogP) is 9.54. The van der Waals surface area contributed by atoms with Gasteiger partial charge in [0.25, 0.3) is 0 Å². The Hall–Kier alpha value is -2.84. The van der Waals surface area contributed by atoms with Crippen LogP contribution in [0.15, 0.2) is 128 Å². The smallest absolute Gasteiger partial charge is 0.00799 e. The third kappa shape index (κ3) is 5.15. The third-order valence-corrected chi connectivity index (χ3v) is 6.29. The first-order valence-electron chi connectivity index (χ1n) is 11.7. The van der Waals surface area contributed by atoms with Crippen LogP contribution in [0.5, 0.6) is 0 Å². The van der Waals surface area contributed by atoms with Crippen molar-refractivity contribution in [3.63, 3.8) is 0 Å². The summed E-state index contributed by atoms with van der Waals surface area (Å²) in [4.78, 5) is 0. The number of hydrogen-bond donors (Lipinski definition) is 0. The van der Waals surface area contributed by atoms with Crippen LogP contribution in [0.2, 0.25) is 0 Å². The van der Waals surface area contributed by atoms with E-state index in [-0.39, 0.29) is 0 Å². The summed E-state index contributed by atoms with van der Waals surface area (Å²) in [5.74, 6) is 0. The predicted molar refractivity (Wildman–Crippen MR) is 152 cm³/mol. The fraction of sp³-hybridized carbons (Fsp3) is 0.0323. The molecule has 0 aliphatic rings. The average Bonchev–Trinajstić information content (AvgIpc) is 3.69. The van der Waals surface area contributed by atoms with Crippen molar-refractivity contribution in [2.75, 3.05) is 0 Å². The Morgan fingerprint density at radius 3 is 2.19 bits per heavy atom. The van der Waals surface area contributed by atoms with Gasteiger partial charge in [0.15, 0.2) is 0 Å². The molecule has 2 aromatic heterocycles. The van der Waals surface area contributed by atoms with Crippen LogP contribution in [0.25, 0.3) is 43.8 Å². The minimum atomic E-state index is -0.826. The zero-order valence-electron chi connectivity index (χ0n) is 19.8. The van der Waals surface area contributed by atoms with Crippen molar-refractivity contribution in [1.29, 1.82) is 0 Å². The van der Waals surface area contributed by atoms with Crippen LogP contribution in [0.1, 0.15) is 5.69 Å². The van der Waals surface area contributed by atoms with E-state index in [1.807, 2.05) is 12.1 Å². The van der Waals surface area contributed by atoms with Gasteiger partial charge in [-0.2, -0.15) is 12.1 Å². The van der Waals surface area contributed by atoms with Gasteiger partial charge in [0, 0.05) is 29.2 Å². The number of para-hydroxylation sites is 1. The van der Waals surface area contributed by atoms with Gasteiger partial charge in [-0.3, -0.25) is 0 Å². The molecule has 0 amide bonds. The van der Waals surface area contributed by atoms with Gasteiger partial charge in [-0.05, 0) is 36.9 Å². The monoisotopic (exact) mass is 584 g/mol. The van der Waals surface area contributed by atoms with Crippen molar-refractivity contribution in [2.24, 2.45) is 0 Å². The third-order valence-electron chi connectivity index (χ3n) is 6.29. The number of halogens is 2. The van der Waals surface area contributed by atoms with Crippen LogP contribution in [0, 0.1) is 6.92 Å². The van der Waals surface area contributed by atoms with Gasteiger partial charge in [-0.1, -0.05) is 30.3 Å². The van der Waals surface area contributed by atoms with E-state index in [0.717, 1.165) is 0 Å². The molecule has 0 unspecified atom stereocenters. The molecule has 0 N–H and O–H groups in total. The van der Waals surface area contributed by atoms with E-state index in [0.29, 0.717) is 0 Å². The van der Waals surface area contributed by atoms with Gasteiger partial charge in [0.05, 0.1) is 5.52 Å². The number of nitrogens with zero attached hydrogens (tertiary/aromatic N) is 2. The molecule has 0 radical (unpaired) electrons. The summed E-state index contributed by atoms with van der Waals surface area (Å²) in [5, 5.41) is 6.51. The first-order valence-corrected chi connectivity index (χ1v) is 18.0. The van der Waals surface area contributed by atoms with E-state index in [4.69, 9.17) is 17.0 Å². The molecule has 0 atom stereocenters. The van der Waals surface area contributed by atoms with Crippen LogP contribution in [-0.2, 0) is 20.8 Å². The Labute approximate surface area is 229 Å². The first kappa shape index (κ1) is 24.8. The van der Waals surface area contributed by atoms with Crippen molar-refractivity contribution in [3.8, 4) is 11.4 Å². The molecular weight excluding hydrogens is 562 g/mol. The van der Waals surface area contributed by atoms with E-state index in [1.165, 1.54) is 49.5 Å². The summed E-state index contributed by atoms with van der Waals surface area (Å²) in [6, 6.07) is 40.7. The van der Waals surface area contributed by atoms with Crippen molar-refractivity contribution in [1.82, 2.24) is 9.13 Å². The minimum Gasteiger partial charge on any atom is -0.333 e. The second-order valence-electron chi connectivity index (χ2n) is 8.49. The Morgan fingerprint density at radius 2 is 1.42 bits per heavy atom. The normalized spacial score (nSPS) is 10.5. The van der Waals surface area contributed by atoms with Gasteiger partial charge in [-0.25, -0.2) is 0 Å². The van der Waals surface area contributed by atoms with Crippen LogP contribution in [0.3, 0.4) is 0 Å². The van der Waals surface area contributed by atoms with Crippen molar-refractivity contribution < 1.29 is 20.8 Å². The molecule has 2 heterocycles. The molecule has 2 nitrogen and oxygen atoms in total. The molecule has 0 saturated heterocycles. The summed E-state index contributed by atoms with van der Waals surface area (Å²) in [7, 11) is 9.87. The molecule has 36 heavy (non-hydrogen) atoms. The molecule has 7 rings (SSSR count). The molecule has 5 heteroatoms. The van der Waals surface area contributed by atoms with Gasteiger partial charge in [0.2, 0.25) is 0 Å². The molecule has 0 aliphatic heterocycles. The van der Waals surface area contributed by atoms with E-state index in [1.54, 1.807) is 0 Å². The molecule has 0 saturated carbocycles. The van der Waals surface area contributed by atoms with Gasteiger partial charge in [-0.15, -0.1) is 70.1 Å². The van der Waals surface area contributed by atoms with E-state index >= 15 is 0 Å². The van der Waals surface area contributed by atoms with Crippen molar-refractivity contribution in [3.05, 3.63) is 133 Å². The maximum atomic E-state index is 4.93. The molecular formula is C31H24Cl2N2Zr. The maximum Gasteiger partial charge on any atom is 0.00799 e. The standard InChI is InChI=1S/C18H14N.C13H10N.2ClH.Zr/c1-13-10-16-8-4-5-9-18(16)19(13)17-11-14-6-2-3-7-15(14)12-17;1-2-10-14(9-1)13-8-4-6-11-5-3-7-12(11)13;;;/h2-12H,1H3;1-10H;2*1H;/q2*-1;;;+4/p-2. The second kappa shape index (κ2) is 11.5. The molecule has 176 valence electrons. The topological polar surface area (TPSA) is 9.86 Å². The molecule has 0 spiro atoms. The van der Waals surface area contributed by atoms with Crippen LogP contribution in [-0.4, -0.2) is 9.13 Å². The van der Waals surface area contributed by atoms with E-state index in [9.17, 15) is 0 Å². The number of aromatic nitrogens is 2. The van der Waals surface area contributed by atoms with E-state index < -0.39 is 20.8 Å². The summed E-state index contributed by atoms with van der Waals surface area (Å²) >= 11 is -0.826. The summed E-state index contributed by atoms with van der Waals surface area (Å²) < 4.78 is 4.47. The summed E-state index contributed by atoms with van der Waals surface area (Å²) in [5.41, 5.74) is 5.05. The van der Waals surface area contributed by atoms with Crippen molar-refractivity contribution in [2.45, 2.75) is 6.92 Å².